The predicted molar refractivity (Wildman–Crippen MR) is 89.5 cm³/mol. The summed E-state index contributed by atoms with van der Waals surface area (Å²) in [5.41, 5.74) is 0.920. The number of aromatic nitrogens is 1. The van der Waals surface area contributed by atoms with Crippen LogP contribution in [-0.4, -0.2) is 31.0 Å². The van der Waals surface area contributed by atoms with Crippen molar-refractivity contribution >= 4 is 33.2 Å². The molecule has 24 heavy (non-hydrogen) atoms. The Balaban J connectivity index is 1.93. The van der Waals surface area contributed by atoms with Crippen LogP contribution >= 0.6 is 0 Å². The lowest BCUT2D eigenvalue weighted by atomic mass is 10.2. The van der Waals surface area contributed by atoms with Gasteiger partial charge >= 0.3 is 0 Å². The van der Waals surface area contributed by atoms with Gasteiger partial charge in [-0.25, -0.2) is 13.3 Å². The molecule has 7 nitrogen and oxygen atoms in total. The van der Waals surface area contributed by atoms with E-state index in [0.29, 0.717) is 17.8 Å². The molecule has 0 fully saturated rings. The minimum Gasteiger partial charge on any atom is -0.283 e. The van der Waals surface area contributed by atoms with Crippen molar-refractivity contribution in [3.8, 4) is 0 Å². The molecule has 0 atom stereocenters. The van der Waals surface area contributed by atoms with Crippen molar-refractivity contribution in [1.82, 2.24) is 4.98 Å². The van der Waals surface area contributed by atoms with Gasteiger partial charge in [0.05, 0.1) is 22.7 Å². The molecule has 1 N–H and O–H groups in total. The van der Waals surface area contributed by atoms with E-state index in [1.807, 2.05) is 0 Å². The number of nitrogens with one attached hydrogen (secondary N) is 1. The lowest BCUT2D eigenvalue weighted by molar-refractivity contribution is 0.0924. The number of sulfonamides is 1. The third-order valence-electron chi connectivity index (χ3n) is 3.50. The number of rotatable bonds is 5. The fourth-order valence-corrected chi connectivity index (χ4v) is 3.63. The first-order valence-electron chi connectivity index (χ1n) is 7.37. The van der Waals surface area contributed by atoms with Crippen molar-refractivity contribution in [2.45, 2.75) is 13.3 Å². The Hall–Kier alpha value is -2.74. The van der Waals surface area contributed by atoms with E-state index in [0.717, 1.165) is 4.90 Å². The number of benzene rings is 1. The zero-order chi connectivity index (χ0) is 17.3. The maximum Gasteiger partial charge on any atom is 0.284 e. The molecule has 2 aromatic rings. The Labute approximate surface area is 139 Å². The number of carbonyl (C=O) groups excluding carboxylic acids is 2. The molecule has 1 aliphatic rings. The minimum absolute atomic E-state index is 0.00579. The van der Waals surface area contributed by atoms with Gasteiger partial charge in [0.2, 0.25) is 10.0 Å². The fourth-order valence-electron chi connectivity index (χ4n) is 2.51. The Kier molecular flexibility index (Phi) is 4.06. The van der Waals surface area contributed by atoms with Gasteiger partial charge in [-0.15, -0.1) is 0 Å². The van der Waals surface area contributed by atoms with Crippen molar-refractivity contribution in [1.29, 1.82) is 0 Å². The molecule has 1 aliphatic heterocycles. The summed E-state index contributed by atoms with van der Waals surface area (Å²) < 4.78 is 26.2. The highest BCUT2D eigenvalue weighted by Gasteiger charge is 2.37. The number of nitrogens with zero attached hydrogens (tertiary/aromatic N) is 2. The summed E-state index contributed by atoms with van der Waals surface area (Å²) in [6.07, 6.45) is 1.93. The van der Waals surface area contributed by atoms with Gasteiger partial charge in [0.25, 0.3) is 11.8 Å². The summed E-state index contributed by atoms with van der Waals surface area (Å²) in [4.78, 5) is 29.8. The van der Waals surface area contributed by atoms with Crippen LogP contribution in [0.25, 0.3) is 0 Å². The van der Waals surface area contributed by atoms with E-state index >= 15 is 0 Å². The third kappa shape index (κ3) is 2.88. The zero-order valence-corrected chi connectivity index (χ0v) is 13.7. The largest absolute Gasteiger partial charge is 0.284 e. The minimum atomic E-state index is -3.46. The molecule has 0 spiro atoms. The van der Waals surface area contributed by atoms with E-state index in [2.05, 4.69) is 9.71 Å². The van der Waals surface area contributed by atoms with Crippen LogP contribution < -0.4 is 9.62 Å². The summed E-state index contributed by atoms with van der Waals surface area (Å²) in [7, 11) is -3.46. The average Bonchev–Trinajstić information content (AvgIpc) is 2.79. The topological polar surface area (TPSA) is 96.4 Å². The number of amides is 2. The Morgan fingerprint density at radius 1 is 1.12 bits per heavy atom. The first-order chi connectivity index (χ1) is 11.4. The van der Waals surface area contributed by atoms with Crippen molar-refractivity contribution in [2.24, 2.45) is 0 Å². The van der Waals surface area contributed by atoms with E-state index in [4.69, 9.17) is 0 Å². The van der Waals surface area contributed by atoms with Crippen LogP contribution in [0.2, 0.25) is 0 Å². The van der Waals surface area contributed by atoms with E-state index in [1.165, 1.54) is 18.3 Å². The van der Waals surface area contributed by atoms with Crippen LogP contribution in [0, 0.1) is 0 Å². The molecular weight excluding hydrogens is 330 g/mol. The van der Waals surface area contributed by atoms with E-state index in [1.54, 1.807) is 31.2 Å². The van der Waals surface area contributed by atoms with Crippen LogP contribution in [0.5, 0.6) is 0 Å². The second-order valence-corrected chi connectivity index (χ2v) is 7.16. The number of carbonyl (C=O) groups is 2. The second kappa shape index (κ2) is 6.04. The highest BCUT2D eigenvalue weighted by atomic mass is 32.2. The van der Waals surface area contributed by atoms with Gasteiger partial charge in [0.15, 0.2) is 0 Å². The lowest BCUT2D eigenvalue weighted by Crippen LogP contribution is -2.29. The van der Waals surface area contributed by atoms with Crippen molar-refractivity contribution in [2.75, 3.05) is 15.4 Å². The van der Waals surface area contributed by atoms with Gasteiger partial charge in [-0.05, 0) is 36.8 Å². The molecule has 8 heteroatoms. The maximum absolute atomic E-state index is 12.4. The molecule has 2 amide bonds. The monoisotopic (exact) mass is 345 g/mol. The van der Waals surface area contributed by atoms with Gasteiger partial charge in [-0.1, -0.05) is 13.0 Å². The number of anilines is 2. The number of hydrogen-bond donors (Lipinski definition) is 1. The fraction of sp³-hybridized carbons (Fsp3) is 0.188. The number of fused-ring (bicyclic) bond motifs is 1. The Morgan fingerprint density at radius 3 is 2.62 bits per heavy atom. The highest BCUT2D eigenvalue weighted by molar-refractivity contribution is 7.92. The van der Waals surface area contributed by atoms with Crippen molar-refractivity contribution in [3.05, 3.63) is 53.9 Å². The van der Waals surface area contributed by atoms with Crippen LogP contribution in [0.1, 0.15) is 34.2 Å². The molecule has 0 radical (unpaired) electrons. The summed E-state index contributed by atoms with van der Waals surface area (Å²) in [6.45, 7) is 1.77. The summed E-state index contributed by atoms with van der Waals surface area (Å²) in [5.74, 6) is -1.01. The number of pyridine rings is 1. The second-order valence-electron chi connectivity index (χ2n) is 5.32. The first kappa shape index (κ1) is 16.1. The lowest BCUT2D eigenvalue weighted by Gasteiger charge is -2.15. The molecule has 3 rings (SSSR count). The number of imide groups is 1. The molecule has 1 aromatic carbocycles. The van der Waals surface area contributed by atoms with Crippen LogP contribution in [0.3, 0.4) is 0 Å². The quantitative estimate of drug-likeness (QED) is 0.837. The molecule has 2 heterocycles. The third-order valence-corrected chi connectivity index (χ3v) is 4.99. The molecular formula is C16H15N3O4S. The SMILES string of the molecule is CCCS(=O)(=O)Nc1cccc(N2C(=O)c3cccnc3C2=O)c1. The number of hydrogen-bond acceptors (Lipinski definition) is 5. The maximum atomic E-state index is 12.4. The van der Waals surface area contributed by atoms with Gasteiger partial charge in [0, 0.05) is 6.20 Å². The van der Waals surface area contributed by atoms with E-state index in [9.17, 15) is 18.0 Å². The molecule has 0 saturated heterocycles. The Bertz CT molecular complexity index is 889. The first-order valence-corrected chi connectivity index (χ1v) is 9.02. The average molecular weight is 345 g/mol. The highest BCUT2D eigenvalue weighted by Crippen LogP contribution is 2.28. The van der Waals surface area contributed by atoms with Gasteiger partial charge in [-0.3, -0.25) is 19.3 Å². The van der Waals surface area contributed by atoms with Gasteiger partial charge in [-0.2, -0.15) is 0 Å². The molecule has 1 aromatic heterocycles. The predicted octanol–water partition coefficient (Wildman–Crippen LogP) is 2.03. The molecule has 0 saturated carbocycles. The van der Waals surface area contributed by atoms with Crippen molar-refractivity contribution < 1.29 is 18.0 Å². The van der Waals surface area contributed by atoms with Gasteiger partial charge in [0.1, 0.15) is 5.69 Å². The molecule has 124 valence electrons. The standard InChI is InChI=1S/C16H15N3O4S/c1-2-9-24(22,23)18-11-5-3-6-12(10-11)19-15(20)13-7-4-8-17-14(13)16(19)21/h3-8,10,18H,2,9H2,1H3. The van der Waals surface area contributed by atoms with E-state index < -0.39 is 21.8 Å². The van der Waals surface area contributed by atoms with Crippen LogP contribution in [-0.2, 0) is 10.0 Å². The van der Waals surface area contributed by atoms with Crippen molar-refractivity contribution in [3.63, 3.8) is 0 Å². The molecule has 0 unspecified atom stereocenters. The van der Waals surface area contributed by atoms with Gasteiger partial charge < -0.3 is 0 Å². The summed E-state index contributed by atoms with van der Waals surface area (Å²) in [6, 6.07) is 9.29. The normalized spacial score (nSPS) is 14.0. The summed E-state index contributed by atoms with van der Waals surface area (Å²) in [5, 5.41) is 0. The molecule has 0 bridgehead atoms. The van der Waals surface area contributed by atoms with Crippen LogP contribution in [0.4, 0.5) is 11.4 Å². The summed E-state index contributed by atoms with van der Waals surface area (Å²) >= 11 is 0. The van der Waals surface area contributed by atoms with E-state index in [-0.39, 0.29) is 17.0 Å². The zero-order valence-electron chi connectivity index (χ0n) is 12.9. The smallest absolute Gasteiger partial charge is 0.283 e. The van der Waals surface area contributed by atoms with Crippen LogP contribution in [0.15, 0.2) is 42.6 Å². The molecule has 0 aliphatic carbocycles. The Morgan fingerprint density at radius 2 is 1.92 bits per heavy atom.